The fourth-order valence-electron chi connectivity index (χ4n) is 1.30. The summed E-state index contributed by atoms with van der Waals surface area (Å²) in [6.07, 6.45) is 2.55. The maximum absolute atomic E-state index is 10.5. The molecule has 74 valence electrons. The van der Waals surface area contributed by atoms with Crippen LogP contribution in [0, 0.1) is 6.92 Å². The second-order valence-electron chi connectivity index (χ2n) is 3.26. The summed E-state index contributed by atoms with van der Waals surface area (Å²) in [5, 5.41) is 0. The molecule has 1 aromatic heterocycles. The fourth-order valence-corrected chi connectivity index (χ4v) is 1.30. The molecule has 1 heterocycles. The van der Waals surface area contributed by atoms with E-state index in [1.807, 2.05) is 25.1 Å². The highest BCUT2D eigenvalue weighted by Gasteiger charge is 2.00. The van der Waals surface area contributed by atoms with Gasteiger partial charge in [-0.15, -0.1) is 0 Å². The smallest absolute Gasteiger partial charge is 0.159 e. The maximum atomic E-state index is 10.5. The Hall–Kier alpha value is -2.03. The Balaban J connectivity index is 2.41. The molecule has 0 N–H and O–H groups in total. The first-order valence-electron chi connectivity index (χ1n) is 4.65. The highest BCUT2D eigenvalue weighted by atomic mass is 16.1. The lowest BCUT2D eigenvalue weighted by atomic mass is 10.1. The molecule has 2 rings (SSSR count). The number of aldehydes is 1. The SMILES string of the molecule is Cc1ccnc(-c2ccc(C=O)cc2)n1. The molecule has 0 bridgehead atoms. The molecule has 0 saturated heterocycles. The highest BCUT2D eigenvalue weighted by molar-refractivity contribution is 5.76. The van der Waals surface area contributed by atoms with Crippen molar-refractivity contribution >= 4 is 6.29 Å². The van der Waals surface area contributed by atoms with Crippen molar-refractivity contribution in [1.29, 1.82) is 0 Å². The Morgan fingerprint density at radius 3 is 2.47 bits per heavy atom. The summed E-state index contributed by atoms with van der Waals surface area (Å²) >= 11 is 0. The third-order valence-electron chi connectivity index (χ3n) is 2.10. The average molecular weight is 198 g/mol. The third-order valence-corrected chi connectivity index (χ3v) is 2.10. The van der Waals surface area contributed by atoms with Crippen LogP contribution in [0.15, 0.2) is 36.5 Å². The number of aromatic nitrogens is 2. The molecule has 0 amide bonds. The quantitative estimate of drug-likeness (QED) is 0.695. The predicted molar refractivity (Wildman–Crippen MR) is 57.6 cm³/mol. The van der Waals surface area contributed by atoms with E-state index in [0.717, 1.165) is 17.5 Å². The summed E-state index contributed by atoms with van der Waals surface area (Å²) < 4.78 is 0. The molecule has 0 atom stereocenters. The molecule has 3 heteroatoms. The molecule has 0 aliphatic rings. The largest absolute Gasteiger partial charge is 0.298 e. The molecule has 0 spiro atoms. The Labute approximate surface area is 87.8 Å². The Morgan fingerprint density at radius 1 is 1.13 bits per heavy atom. The van der Waals surface area contributed by atoms with Crippen LogP contribution in [0.1, 0.15) is 16.1 Å². The van der Waals surface area contributed by atoms with Crippen molar-refractivity contribution in [3.8, 4) is 11.4 Å². The van der Waals surface area contributed by atoms with Crippen LogP contribution < -0.4 is 0 Å². The molecule has 3 nitrogen and oxygen atoms in total. The molecule has 15 heavy (non-hydrogen) atoms. The zero-order valence-electron chi connectivity index (χ0n) is 8.34. The zero-order chi connectivity index (χ0) is 10.7. The standard InChI is InChI=1S/C12H10N2O/c1-9-6-7-13-12(14-9)11-4-2-10(8-15)3-5-11/h2-8H,1H3. The third kappa shape index (κ3) is 2.07. The zero-order valence-corrected chi connectivity index (χ0v) is 8.34. The van der Waals surface area contributed by atoms with E-state index in [4.69, 9.17) is 0 Å². The van der Waals surface area contributed by atoms with Crippen molar-refractivity contribution in [2.45, 2.75) is 6.92 Å². The fraction of sp³-hybridized carbons (Fsp3) is 0.0833. The van der Waals surface area contributed by atoms with E-state index < -0.39 is 0 Å². The molecule has 0 fully saturated rings. The van der Waals surface area contributed by atoms with E-state index in [9.17, 15) is 4.79 Å². The second-order valence-corrected chi connectivity index (χ2v) is 3.26. The minimum Gasteiger partial charge on any atom is -0.298 e. The number of aryl methyl sites for hydroxylation is 1. The van der Waals surface area contributed by atoms with Crippen LogP contribution in [0.2, 0.25) is 0 Å². The van der Waals surface area contributed by atoms with E-state index in [-0.39, 0.29) is 0 Å². The number of benzene rings is 1. The molecular weight excluding hydrogens is 188 g/mol. The summed E-state index contributed by atoms with van der Waals surface area (Å²) in [6, 6.07) is 9.06. The van der Waals surface area contributed by atoms with Crippen molar-refractivity contribution in [3.63, 3.8) is 0 Å². The molecular formula is C12H10N2O. The summed E-state index contributed by atoms with van der Waals surface area (Å²) in [7, 11) is 0. The van der Waals surface area contributed by atoms with E-state index in [1.54, 1.807) is 18.3 Å². The van der Waals surface area contributed by atoms with Gasteiger partial charge in [-0.1, -0.05) is 24.3 Å². The minimum atomic E-state index is 0.659. The van der Waals surface area contributed by atoms with E-state index >= 15 is 0 Å². The van der Waals surface area contributed by atoms with Crippen LogP contribution in [0.4, 0.5) is 0 Å². The van der Waals surface area contributed by atoms with Gasteiger partial charge in [-0.05, 0) is 13.0 Å². The number of hydrogen-bond donors (Lipinski definition) is 0. The second kappa shape index (κ2) is 4.00. The van der Waals surface area contributed by atoms with Crippen LogP contribution in [0.25, 0.3) is 11.4 Å². The van der Waals surface area contributed by atoms with Gasteiger partial charge in [0.2, 0.25) is 0 Å². The lowest BCUT2D eigenvalue weighted by molar-refractivity contribution is 0.112. The summed E-state index contributed by atoms with van der Waals surface area (Å²) in [4.78, 5) is 18.9. The first-order chi connectivity index (χ1) is 7.29. The van der Waals surface area contributed by atoms with Crippen LogP contribution in [-0.2, 0) is 0 Å². The van der Waals surface area contributed by atoms with Gasteiger partial charge in [0.1, 0.15) is 6.29 Å². The van der Waals surface area contributed by atoms with Gasteiger partial charge in [-0.2, -0.15) is 0 Å². The maximum Gasteiger partial charge on any atom is 0.159 e. The summed E-state index contributed by atoms with van der Waals surface area (Å²) in [5.41, 5.74) is 2.51. The first-order valence-corrected chi connectivity index (χ1v) is 4.65. The molecule has 0 saturated carbocycles. The molecule has 0 radical (unpaired) electrons. The normalized spacial score (nSPS) is 9.93. The van der Waals surface area contributed by atoms with Crippen molar-refractivity contribution in [2.24, 2.45) is 0 Å². The number of nitrogens with zero attached hydrogens (tertiary/aromatic N) is 2. The Kier molecular flexibility index (Phi) is 2.54. The summed E-state index contributed by atoms with van der Waals surface area (Å²) in [5.74, 6) is 0.687. The van der Waals surface area contributed by atoms with Gasteiger partial charge in [-0.25, -0.2) is 9.97 Å². The van der Waals surface area contributed by atoms with Crippen molar-refractivity contribution in [1.82, 2.24) is 9.97 Å². The first kappa shape index (κ1) is 9.52. The Bertz CT molecular complexity index is 477. The van der Waals surface area contributed by atoms with Gasteiger partial charge >= 0.3 is 0 Å². The van der Waals surface area contributed by atoms with Crippen molar-refractivity contribution in [2.75, 3.05) is 0 Å². The topological polar surface area (TPSA) is 42.9 Å². The predicted octanol–water partition coefficient (Wildman–Crippen LogP) is 2.26. The van der Waals surface area contributed by atoms with Crippen molar-refractivity contribution < 1.29 is 4.79 Å². The molecule has 0 aliphatic carbocycles. The number of rotatable bonds is 2. The van der Waals surface area contributed by atoms with E-state index in [0.29, 0.717) is 11.4 Å². The van der Waals surface area contributed by atoms with Crippen LogP contribution in [0.5, 0.6) is 0 Å². The summed E-state index contributed by atoms with van der Waals surface area (Å²) in [6.45, 7) is 1.92. The van der Waals surface area contributed by atoms with Crippen LogP contribution >= 0.6 is 0 Å². The van der Waals surface area contributed by atoms with E-state index in [1.165, 1.54) is 0 Å². The number of carbonyl (C=O) groups is 1. The van der Waals surface area contributed by atoms with E-state index in [2.05, 4.69) is 9.97 Å². The highest BCUT2D eigenvalue weighted by Crippen LogP contribution is 2.14. The minimum absolute atomic E-state index is 0.659. The lowest BCUT2D eigenvalue weighted by Crippen LogP contribution is -1.90. The van der Waals surface area contributed by atoms with Crippen molar-refractivity contribution in [3.05, 3.63) is 47.8 Å². The van der Waals surface area contributed by atoms with Gasteiger partial charge in [0.25, 0.3) is 0 Å². The van der Waals surface area contributed by atoms with Gasteiger partial charge in [0.05, 0.1) is 0 Å². The average Bonchev–Trinajstić information content (AvgIpc) is 2.29. The van der Waals surface area contributed by atoms with Gasteiger partial charge in [0.15, 0.2) is 5.82 Å². The lowest BCUT2D eigenvalue weighted by Gasteiger charge is -2.00. The molecule has 0 unspecified atom stereocenters. The van der Waals surface area contributed by atoms with Gasteiger partial charge in [0, 0.05) is 23.0 Å². The molecule has 2 aromatic rings. The molecule has 1 aromatic carbocycles. The van der Waals surface area contributed by atoms with Crippen LogP contribution in [-0.4, -0.2) is 16.3 Å². The number of carbonyl (C=O) groups excluding carboxylic acids is 1. The number of hydrogen-bond acceptors (Lipinski definition) is 3. The monoisotopic (exact) mass is 198 g/mol. The van der Waals surface area contributed by atoms with Gasteiger partial charge in [-0.3, -0.25) is 4.79 Å². The molecule has 0 aliphatic heterocycles. The van der Waals surface area contributed by atoms with Crippen LogP contribution in [0.3, 0.4) is 0 Å². The Morgan fingerprint density at radius 2 is 1.87 bits per heavy atom. The van der Waals surface area contributed by atoms with Gasteiger partial charge < -0.3 is 0 Å².